The second kappa shape index (κ2) is 8.20. The van der Waals surface area contributed by atoms with Gasteiger partial charge in [-0.25, -0.2) is 4.79 Å². The quantitative estimate of drug-likeness (QED) is 0.697. The highest BCUT2D eigenvalue weighted by Crippen LogP contribution is 2.15. The molecule has 0 bridgehead atoms. The number of rotatable bonds is 6. The van der Waals surface area contributed by atoms with E-state index in [1.807, 2.05) is 13.0 Å². The Hall–Kier alpha value is -2.28. The number of urea groups is 1. The van der Waals surface area contributed by atoms with Gasteiger partial charge >= 0.3 is 6.03 Å². The van der Waals surface area contributed by atoms with E-state index in [0.29, 0.717) is 6.54 Å². The van der Waals surface area contributed by atoms with Crippen molar-refractivity contribution in [1.82, 2.24) is 20.9 Å². The van der Waals surface area contributed by atoms with Crippen LogP contribution in [-0.4, -0.2) is 68.2 Å². The van der Waals surface area contributed by atoms with E-state index in [4.69, 9.17) is 0 Å². The summed E-state index contributed by atoms with van der Waals surface area (Å²) in [5, 5.41) is 8.19. The summed E-state index contributed by atoms with van der Waals surface area (Å²) in [6.45, 7) is 7.49. The van der Waals surface area contributed by atoms with Crippen molar-refractivity contribution in [2.24, 2.45) is 0 Å². The molecule has 25 heavy (non-hydrogen) atoms. The average Bonchev–Trinajstić information content (AvgIpc) is 3.08. The molecule has 136 valence electrons. The minimum atomic E-state index is -0.454. The van der Waals surface area contributed by atoms with Gasteiger partial charge in [0, 0.05) is 51.0 Å². The smallest absolute Gasteiger partial charge is 0.315 e. The number of carbonyl (C=O) groups excluding carboxylic acids is 2. The predicted octanol–water partition coefficient (Wildman–Crippen LogP) is 0.385. The third-order valence-electron chi connectivity index (χ3n) is 4.85. The highest BCUT2D eigenvalue weighted by Gasteiger charge is 2.27. The minimum absolute atomic E-state index is 0.0946. The first-order chi connectivity index (χ1) is 12.1. The molecule has 2 aliphatic heterocycles. The summed E-state index contributed by atoms with van der Waals surface area (Å²) in [7, 11) is 0. The van der Waals surface area contributed by atoms with Crippen LogP contribution in [0.3, 0.4) is 0 Å². The second-order valence-corrected chi connectivity index (χ2v) is 6.77. The number of carbonyl (C=O) groups is 2. The molecule has 7 nitrogen and oxygen atoms in total. The number of benzene rings is 1. The standard InChI is InChI=1S/C18H27N5O2/c1-14(20-17(24)16-13-19-18(25)21-16)7-8-22-9-11-23(12-10-22)15-5-3-2-4-6-15/h2-6,14,16H,7-13H2,1H3,(H,20,24)(H2,19,21,25). The van der Waals surface area contributed by atoms with Gasteiger partial charge in [0.25, 0.3) is 0 Å². The Bertz CT molecular complexity index is 586. The van der Waals surface area contributed by atoms with Crippen LogP contribution in [0, 0.1) is 0 Å². The monoisotopic (exact) mass is 345 g/mol. The Balaban J connectivity index is 1.35. The highest BCUT2D eigenvalue weighted by atomic mass is 16.2. The van der Waals surface area contributed by atoms with E-state index in [1.54, 1.807) is 0 Å². The van der Waals surface area contributed by atoms with Crippen LogP contribution in [0.2, 0.25) is 0 Å². The third kappa shape index (κ3) is 4.85. The van der Waals surface area contributed by atoms with Crippen LogP contribution in [0.25, 0.3) is 0 Å². The highest BCUT2D eigenvalue weighted by molar-refractivity contribution is 5.90. The number of amides is 3. The van der Waals surface area contributed by atoms with Crippen molar-refractivity contribution in [2.45, 2.75) is 25.4 Å². The summed E-state index contributed by atoms with van der Waals surface area (Å²) in [5.41, 5.74) is 1.29. The fourth-order valence-corrected chi connectivity index (χ4v) is 3.27. The molecule has 2 saturated heterocycles. The van der Waals surface area contributed by atoms with Gasteiger partial charge in [-0.1, -0.05) is 18.2 Å². The lowest BCUT2D eigenvalue weighted by Crippen LogP contribution is -2.49. The molecule has 0 saturated carbocycles. The maximum absolute atomic E-state index is 12.1. The zero-order valence-corrected chi connectivity index (χ0v) is 14.7. The zero-order chi connectivity index (χ0) is 17.6. The van der Waals surface area contributed by atoms with Crippen molar-refractivity contribution in [3.05, 3.63) is 30.3 Å². The molecule has 0 aromatic heterocycles. The molecule has 3 N–H and O–H groups in total. The van der Waals surface area contributed by atoms with Crippen molar-refractivity contribution >= 4 is 17.6 Å². The van der Waals surface area contributed by atoms with Gasteiger partial charge in [0.1, 0.15) is 6.04 Å². The number of hydrogen-bond acceptors (Lipinski definition) is 4. The Morgan fingerprint density at radius 3 is 2.60 bits per heavy atom. The number of nitrogens with zero attached hydrogens (tertiary/aromatic N) is 2. The normalized spacial score (nSPS) is 22.2. The maximum atomic E-state index is 12.1. The van der Waals surface area contributed by atoms with E-state index in [0.717, 1.165) is 39.1 Å². The summed E-state index contributed by atoms with van der Waals surface area (Å²) >= 11 is 0. The van der Waals surface area contributed by atoms with Crippen molar-refractivity contribution < 1.29 is 9.59 Å². The van der Waals surface area contributed by atoms with Crippen LogP contribution in [0.15, 0.2) is 30.3 Å². The first-order valence-corrected chi connectivity index (χ1v) is 8.99. The Kier molecular flexibility index (Phi) is 5.75. The van der Waals surface area contributed by atoms with Crippen molar-refractivity contribution in [3.63, 3.8) is 0 Å². The summed E-state index contributed by atoms with van der Waals surface area (Å²) in [4.78, 5) is 28.0. The van der Waals surface area contributed by atoms with E-state index in [-0.39, 0.29) is 18.0 Å². The van der Waals surface area contributed by atoms with Crippen LogP contribution in [0.4, 0.5) is 10.5 Å². The van der Waals surface area contributed by atoms with E-state index < -0.39 is 6.04 Å². The fraction of sp³-hybridized carbons (Fsp3) is 0.556. The molecular formula is C18H27N5O2. The molecule has 0 spiro atoms. The van der Waals surface area contributed by atoms with Crippen LogP contribution >= 0.6 is 0 Å². The average molecular weight is 345 g/mol. The fourth-order valence-electron chi connectivity index (χ4n) is 3.27. The van der Waals surface area contributed by atoms with E-state index in [9.17, 15) is 9.59 Å². The molecule has 0 radical (unpaired) electrons. The topological polar surface area (TPSA) is 76.7 Å². The molecule has 2 fully saturated rings. The number of piperazine rings is 1. The Morgan fingerprint density at radius 2 is 1.96 bits per heavy atom. The number of para-hydroxylation sites is 1. The van der Waals surface area contributed by atoms with Crippen LogP contribution in [0.5, 0.6) is 0 Å². The van der Waals surface area contributed by atoms with Crippen LogP contribution in [-0.2, 0) is 4.79 Å². The number of nitrogens with one attached hydrogen (secondary N) is 3. The first kappa shape index (κ1) is 17.5. The van der Waals surface area contributed by atoms with Gasteiger partial charge in [0.2, 0.25) is 5.91 Å². The largest absolute Gasteiger partial charge is 0.369 e. The van der Waals surface area contributed by atoms with Gasteiger partial charge in [0.15, 0.2) is 0 Å². The zero-order valence-electron chi connectivity index (χ0n) is 14.7. The number of anilines is 1. The summed E-state index contributed by atoms with van der Waals surface area (Å²) in [6, 6.07) is 9.88. The Labute approximate surface area is 148 Å². The lowest BCUT2D eigenvalue weighted by molar-refractivity contribution is -0.123. The SMILES string of the molecule is CC(CCN1CCN(c2ccccc2)CC1)NC(=O)C1CNC(=O)N1. The lowest BCUT2D eigenvalue weighted by Gasteiger charge is -2.36. The molecule has 1 aromatic carbocycles. The van der Waals surface area contributed by atoms with E-state index >= 15 is 0 Å². The van der Waals surface area contributed by atoms with E-state index in [2.05, 4.69) is 50.0 Å². The molecule has 0 aliphatic carbocycles. The molecule has 2 unspecified atom stereocenters. The lowest BCUT2D eigenvalue weighted by atomic mass is 10.2. The van der Waals surface area contributed by atoms with Crippen molar-refractivity contribution in [2.75, 3.05) is 44.2 Å². The molecule has 2 atom stereocenters. The Morgan fingerprint density at radius 1 is 1.24 bits per heavy atom. The van der Waals surface area contributed by atoms with Crippen LogP contribution < -0.4 is 20.9 Å². The molecule has 1 aromatic rings. The minimum Gasteiger partial charge on any atom is -0.369 e. The molecule has 7 heteroatoms. The van der Waals surface area contributed by atoms with Gasteiger partial charge in [0.05, 0.1) is 0 Å². The molecule has 3 rings (SSSR count). The van der Waals surface area contributed by atoms with Gasteiger partial charge in [-0.2, -0.15) is 0 Å². The summed E-state index contributed by atoms with van der Waals surface area (Å²) in [5.74, 6) is -0.111. The number of hydrogen-bond donors (Lipinski definition) is 3. The first-order valence-electron chi connectivity index (χ1n) is 8.99. The molecular weight excluding hydrogens is 318 g/mol. The van der Waals surface area contributed by atoms with Gasteiger partial charge < -0.3 is 20.9 Å². The van der Waals surface area contributed by atoms with Crippen LogP contribution in [0.1, 0.15) is 13.3 Å². The second-order valence-electron chi connectivity index (χ2n) is 6.77. The molecule has 2 aliphatic rings. The molecule has 2 heterocycles. The summed E-state index contributed by atoms with van der Waals surface area (Å²) < 4.78 is 0. The van der Waals surface area contributed by atoms with Gasteiger partial charge in [-0.05, 0) is 25.5 Å². The maximum Gasteiger partial charge on any atom is 0.315 e. The molecule has 3 amide bonds. The third-order valence-corrected chi connectivity index (χ3v) is 4.85. The predicted molar refractivity (Wildman–Crippen MR) is 97.6 cm³/mol. The van der Waals surface area contributed by atoms with Gasteiger partial charge in [-0.15, -0.1) is 0 Å². The van der Waals surface area contributed by atoms with Crippen molar-refractivity contribution in [3.8, 4) is 0 Å². The van der Waals surface area contributed by atoms with Gasteiger partial charge in [-0.3, -0.25) is 9.69 Å². The summed E-state index contributed by atoms with van der Waals surface area (Å²) in [6.07, 6.45) is 0.908. The van der Waals surface area contributed by atoms with Crippen molar-refractivity contribution in [1.29, 1.82) is 0 Å². The van der Waals surface area contributed by atoms with E-state index in [1.165, 1.54) is 5.69 Å².